The van der Waals surface area contributed by atoms with Crippen LogP contribution in [0.25, 0.3) is 15.7 Å². The van der Waals surface area contributed by atoms with E-state index in [2.05, 4.69) is 14.8 Å². The predicted octanol–water partition coefficient (Wildman–Crippen LogP) is 1.73. The molecule has 27 heavy (non-hydrogen) atoms. The van der Waals surface area contributed by atoms with Crippen LogP contribution in [0.5, 0.6) is 0 Å². The molecule has 2 heterocycles. The molecular weight excluding hydrogens is 375 g/mol. The molecule has 0 saturated carbocycles. The van der Waals surface area contributed by atoms with Crippen molar-refractivity contribution in [2.45, 2.75) is 12.5 Å². The first-order chi connectivity index (χ1) is 12.8. The van der Waals surface area contributed by atoms with E-state index in [0.717, 1.165) is 6.26 Å². The van der Waals surface area contributed by atoms with Gasteiger partial charge in [0.05, 0.1) is 17.8 Å². The van der Waals surface area contributed by atoms with Crippen LogP contribution in [0.15, 0.2) is 18.5 Å². The molecule has 2 atom stereocenters. The number of rotatable bonds is 5. The number of sulfone groups is 1. The quantitative estimate of drug-likeness (QED) is 0.565. The van der Waals surface area contributed by atoms with Crippen LogP contribution in [0.3, 0.4) is 0 Å². The predicted molar refractivity (Wildman–Crippen MR) is 96.7 cm³/mol. The van der Waals surface area contributed by atoms with Crippen molar-refractivity contribution in [3.05, 3.63) is 35.7 Å². The number of carbonyl (C=O) groups is 1. The summed E-state index contributed by atoms with van der Waals surface area (Å²) in [5, 5.41) is 0.512. The van der Waals surface area contributed by atoms with Crippen LogP contribution < -0.4 is 4.90 Å². The van der Waals surface area contributed by atoms with Crippen molar-refractivity contribution < 1.29 is 22.3 Å². The van der Waals surface area contributed by atoms with Crippen LogP contribution in [-0.2, 0) is 19.4 Å². The summed E-state index contributed by atoms with van der Waals surface area (Å²) in [4.78, 5) is 24.1. The molecule has 1 aliphatic rings. The number of nitrogens with zero attached hydrogens (tertiary/aromatic N) is 4. The van der Waals surface area contributed by atoms with Crippen LogP contribution in [0, 0.1) is 18.3 Å². The van der Waals surface area contributed by atoms with E-state index in [-0.39, 0.29) is 11.4 Å². The highest BCUT2D eigenvalue weighted by atomic mass is 32.2. The molecule has 1 aromatic carbocycles. The van der Waals surface area contributed by atoms with Gasteiger partial charge in [0.1, 0.15) is 33.9 Å². The van der Waals surface area contributed by atoms with Gasteiger partial charge in [0.2, 0.25) is 5.69 Å². The summed E-state index contributed by atoms with van der Waals surface area (Å²) in [5.74, 6) is -0.722. The average molecular weight is 392 g/mol. The number of halogens is 1. The lowest BCUT2D eigenvalue weighted by atomic mass is 9.96. The first-order valence-corrected chi connectivity index (χ1v) is 10.2. The SMILES string of the molecule is [C-]#[N+]c1cc2c(N3CCC(OC=O)C(CS(C)(=O)=O)C3)ncnc2cc1F. The maximum Gasteiger partial charge on any atom is 0.293 e. The zero-order valence-electron chi connectivity index (χ0n) is 14.5. The summed E-state index contributed by atoms with van der Waals surface area (Å²) in [6, 6.07) is 2.58. The number of aromatic nitrogens is 2. The Morgan fingerprint density at radius 1 is 1.44 bits per heavy atom. The number of ether oxygens (including phenoxy) is 1. The summed E-state index contributed by atoms with van der Waals surface area (Å²) in [5.41, 5.74) is 0.223. The Morgan fingerprint density at radius 3 is 2.89 bits per heavy atom. The maximum absolute atomic E-state index is 13.9. The smallest absolute Gasteiger partial charge is 0.293 e. The van der Waals surface area contributed by atoms with Crippen LogP contribution in [0.2, 0.25) is 0 Å². The van der Waals surface area contributed by atoms with Gasteiger partial charge in [0, 0.05) is 37.1 Å². The van der Waals surface area contributed by atoms with E-state index >= 15 is 0 Å². The van der Waals surface area contributed by atoms with E-state index < -0.39 is 27.7 Å². The van der Waals surface area contributed by atoms with E-state index in [9.17, 15) is 17.6 Å². The molecule has 1 saturated heterocycles. The minimum Gasteiger partial charge on any atom is -0.464 e. The Hall–Kier alpha value is -2.80. The molecule has 0 amide bonds. The van der Waals surface area contributed by atoms with Crippen molar-refractivity contribution in [2.75, 3.05) is 30.0 Å². The normalized spacial score (nSPS) is 20.3. The molecule has 0 bridgehead atoms. The van der Waals surface area contributed by atoms with Gasteiger partial charge in [-0.2, -0.15) is 0 Å². The average Bonchev–Trinajstić information content (AvgIpc) is 2.61. The second-order valence-electron chi connectivity index (χ2n) is 6.49. The van der Waals surface area contributed by atoms with Crippen molar-refractivity contribution in [3.8, 4) is 0 Å². The fraction of sp³-hybridized carbons (Fsp3) is 0.412. The van der Waals surface area contributed by atoms with Gasteiger partial charge in [0.15, 0.2) is 0 Å². The molecule has 3 rings (SSSR count). The Morgan fingerprint density at radius 2 is 2.22 bits per heavy atom. The molecule has 1 aliphatic heterocycles. The van der Waals surface area contributed by atoms with Gasteiger partial charge in [-0.1, -0.05) is 0 Å². The molecule has 0 aliphatic carbocycles. The first-order valence-electron chi connectivity index (χ1n) is 8.16. The van der Waals surface area contributed by atoms with Crippen molar-refractivity contribution in [1.82, 2.24) is 9.97 Å². The largest absolute Gasteiger partial charge is 0.464 e. The second-order valence-corrected chi connectivity index (χ2v) is 8.67. The van der Waals surface area contributed by atoms with E-state index in [1.54, 1.807) is 0 Å². The van der Waals surface area contributed by atoms with Crippen molar-refractivity contribution in [1.29, 1.82) is 0 Å². The third-order valence-electron chi connectivity index (χ3n) is 4.51. The van der Waals surface area contributed by atoms with Crippen molar-refractivity contribution >= 4 is 38.7 Å². The van der Waals surface area contributed by atoms with E-state index in [1.165, 1.54) is 18.5 Å². The van der Waals surface area contributed by atoms with Gasteiger partial charge in [0.25, 0.3) is 6.47 Å². The molecule has 0 N–H and O–H groups in total. The lowest BCUT2D eigenvalue weighted by Crippen LogP contribution is -2.47. The van der Waals surface area contributed by atoms with Crippen molar-refractivity contribution in [2.24, 2.45) is 5.92 Å². The number of hydrogen-bond acceptors (Lipinski definition) is 7. The highest BCUT2D eigenvalue weighted by molar-refractivity contribution is 7.90. The molecule has 1 aromatic heterocycles. The topological polar surface area (TPSA) is 93.8 Å². The second kappa shape index (κ2) is 7.44. The molecule has 142 valence electrons. The number of piperidine rings is 1. The monoisotopic (exact) mass is 392 g/mol. The fourth-order valence-electron chi connectivity index (χ4n) is 3.39. The van der Waals surface area contributed by atoms with Gasteiger partial charge in [-0.05, 0) is 12.1 Å². The van der Waals surface area contributed by atoms with Crippen LogP contribution in [0.1, 0.15) is 6.42 Å². The minimum absolute atomic E-state index is 0.132. The Balaban J connectivity index is 1.99. The third-order valence-corrected chi connectivity index (χ3v) is 5.55. The third kappa shape index (κ3) is 4.14. The fourth-order valence-corrected chi connectivity index (χ4v) is 4.49. The van der Waals surface area contributed by atoms with Crippen LogP contribution in [0.4, 0.5) is 15.9 Å². The molecule has 0 spiro atoms. The van der Waals surface area contributed by atoms with E-state index in [4.69, 9.17) is 11.3 Å². The lowest BCUT2D eigenvalue weighted by Gasteiger charge is -2.38. The molecule has 2 aromatic rings. The highest BCUT2D eigenvalue weighted by Crippen LogP contribution is 2.32. The zero-order chi connectivity index (χ0) is 19.6. The van der Waals surface area contributed by atoms with Gasteiger partial charge < -0.3 is 9.64 Å². The van der Waals surface area contributed by atoms with Gasteiger partial charge in [-0.25, -0.2) is 27.6 Å². The van der Waals surface area contributed by atoms with E-state index in [1.807, 2.05) is 4.90 Å². The summed E-state index contributed by atoms with van der Waals surface area (Å²) >= 11 is 0. The summed E-state index contributed by atoms with van der Waals surface area (Å²) in [7, 11) is -3.28. The number of hydrogen-bond donors (Lipinski definition) is 0. The van der Waals surface area contributed by atoms with Crippen molar-refractivity contribution in [3.63, 3.8) is 0 Å². The highest BCUT2D eigenvalue weighted by Gasteiger charge is 2.34. The zero-order valence-corrected chi connectivity index (χ0v) is 15.3. The Bertz CT molecular complexity index is 1020. The molecule has 8 nitrogen and oxygen atoms in total. The number of carbonyl (C=O) groups excluding carboxylic acids is 1. The molecule has 2 unspecified atom stereocenters. The Kier molecular flexibility index (Phi) is 5.23. The standard InChI is InChI=1S/C17H17FN4O4S/c1-19-15-5-12-14(6-13(15)18)20-9-21-17(12)22-4-3-16(26-10-23)11(7-22)8-27(2,24)25/h5-6,9-11,16H,3-4,7-8H2,2H3. The van der Waals surface area contributed by atoms with Gasteiger partial charge in [-0.3, -0.25) is 4.79 Å². The maximum atomic E-state index is 13.9. The molecule has 0 radical (unpaired) electrons. The lowest BCUT2D eigenvalue weighted by molar-refractivity contribution is -0.136. The number of benzene rings is 1. The molecule has 10 heteroatoms. The number of fused-ring (bicyclic) bond motifs is 1. The summed E-state index contributed by atoms with van der Waals surface area (Å²) in [6.45, 7) is 8.19. The van der Waals surface area contributed by atoms with Gasteiger partial charge >= 0.3 is 0 Å². The minimum atomic E-state index is -3.28. The molecular formula is C17H17FN4O4S. The van der Waals surface area contributed by atoms with E-state index in [0.29, 0.717) is 42.7 Å². The summed E-state index contributed by atoms with van der Waals surface area (Å²) in [6.07, 6.45) is 2.36. The first kappa shape index (κ1) is 19.0. The Labute approximate surface area is 155 Å². The number of anilines is 1. The van der Waals surface area contributed by atoms with Gasteiger partial charge in [-0.15, -0.1) is 0 Å². The summed E-state index contributed by atoms with van der Waals surface area (Å²) < 4.78 is 42.5. The molecule has 1 fully saturated rings. The van der Waals surface area contributed by atoms with Crippen LogP contribution >= 0.6 is 0 Å². The van der Waals surface area contributed by atoms with Crippen LogP contribution in [-0.4, -0.2) is 56.1 Å².